The van der Waals surface area contributed by atoms with Crippen LogP contribution < -0.4 is 21.4 Å². The number of nitrogens with one attached hydrogen (secondary N) is 1. The molecule has 2 heterocycles. The molecule has 152 valence electrons. The Morgan fingerprint density at radius 3 is 2.41 bits per heavy atom. The van der Waals surface area contributed by atoms with Gasteiger partial charge in [-0.25, -0.2) is 10.2 Å². The van der Waals surface area contributed by atoms with Crippen LogP contribution in [0.5, 0.6) is 5.75 Å². The Kier molecular flexibility index (Phi) is 5.40. The molecule has 9 nitrogen and oxygen atoms in total. The van der Waals surface area contributed by atoms with Gasteiger partial charge in [0.15, 0.2) is 11.2 Å². The van der Waals surface area contributed by atoms with Crippen LogP contribution in [0.1, 0.15) is 19.4 Å². The highest BCUT2D eigenvalue weighted by molar-refractivity contribution is 5.99. The van der Waals surface area contributed by atoms with E-state index in [1.807, 2.05) is 38.1 Å². The number of rotatable bonds is 6. The summed E-state index contributed by atoms with van der Waals surface area (Å²) in [5, 5.41) is 4.40. The molecule has 0 aliphatic carbocycles. The minimum atomic E-state index is -0.438. The van der Waals surface area contributed by atoms with Gasteiger partial charge in [0.1, 0.15) is 5.75 Å². The largest absolute Gasteiger partial charge is 0.497 e. The highest BCUT2D eigenvalue weighted by Gasteiger charge is 2.19. The number of allylic oxidation sites excluding steroid dienone is 1. The average molecular weight is 396 g/mol. The Morgan fingerprint density at radius 2 is 1.83 bits per heavy atom. The van der Waals surface area contributed by atoms with Crippen molar-refractivity contribution in [1.29, 1.82) is 0 Å². The van der Waals surface area contributed by atoms with Crippen molar-refractivity contribution in [2.45, 2.75) is 20.4 Å². The molecule has 0 atom stereocenters. The number of imidazole rings is 1. The van der Waals surface area contributed by atoms with Crippen LogP contribution in [0.2, 0.25) is 0 Å². The second kappa shape index (κ2) is 7.78. The molecule has 9 heteroatoms. The lowest BCUT2D eigenvalue weighted by Gasteiger charge is -2.09. The topological polar surface area (TPSA) is 95.4 Å². The number of hydrogen-bond acceptors (Lipinski definition) is 6. The smallest absolute Gasteiger partial charge is 0.332 e. The minimum absolute atomic E-state index is 0.291. The Hall–Kier alpha value is -3.62. The first-order valence-electron chi connectivity index (χ1n) is 9.00. The SMILES string of the molecule is C=C(C)Cn1c(N/N=C(\C)c2ccc(OC)cc2)nc2c1c(=O)n(C)c(=O)n2C. The molecule has 1 N–H and O–H groups in total. The molecule has 0 bridgehead atoms. The fourth-order valence-corrected chi connectivity index (χ4v) is 2.99. The number of ether oxygens (including phenoxy) is 1. The summed E-state index contributed by atoms with van der Waals surface area (Å²) in [6.07, 6.45) is 0. The van der Waals surface area contributed by atoms with E-state index < -0.39 is 11.2 Å². The first-order valence-corrected chi connectivity index (χ1v) is 9.00. The van der Waals surface area contributed by atoms with E-state index in [0.717, 1.165) is 27.2 Å². The van der Waals surface area contributed by atoms with E-state index in [1.165, 1.54) is 11.6 Å². The van der Waals surface area contributed by atoms with E-state index in [-0.39, 0.29) is 0 Å². The van der Waals surface area contributed by atoms with Crippen molar-refractivity contribution >= 4 is 22.8 Å². The molecule has 3 aromatic rings. The van der Waals surface area contributed by atoms with E-state index in [1.54, 1.807) is 18.7 Å². The molecule has 0 spiro atoms. The molecule has 29 heavy (non-hydrogen) atoms. The molecule has 2 aromatic heterocycles. The summed E-state index contributed by atoms with van der Waals surface area (Å²) in [4.78, 5) is 29.4. The van der Waals surface area contributed by atoms with Crippen LogP contribution in [0.4, 0.5) is 5.95 Å². The summed E-state index contributed by atoms with van der Waals surface area (Å²) < 4.78 is 9.26. The fraction of sp³-hybridized carbons (Fsp3) is 0.300. The summed E-state index contributed by atoms with van der Waals surface area (Å²) in [6, 6.07) is 7.50. The van der Waals surface area contributed by atoms with Gasteiger partial charge in [0.25, 0.3) is 5.56 Å². The number of anilines is 1. The predicted molar refractivity (Wildman–Crippen MR) is 114 cm³/mol. The third kappa shape index (κ3) is 3.71. The summed E-state index contributed by atoms with van der Waals surface area (Å²) >= 11 is 0. The number of nitrogens with zero attached hydrogens (tertiary/aromatic N) is 5. The van der Waals surface area contributed by atoms with Crippen molar-refractivity contribution in [2.24, 2.45) is 19.2 Å². The quantitative estimate of drug-likeness (QED) is 0.390. The monoisotopic (exact) mass is 396 g/mol. The number of methoxy groups -OCH3 is 1. The van der Waals surface area contributed by atoms with Crippen LogP contribution in [0, 0.1) is 0 Å². The van der Waals surface area contributed by atoms with Gasteiger partial charge in [-0.1, -0.05) is 12.2 Å². The number of hydrogen-bond donors (Lipinski definition) is 1. The molecule has 0 aliphatic rings. The molecule has 0 fully saturated rings. The molecule has 0 radical (unpaired) electrons. The van der Waals surface area contributed by atoms with Crippen molar-refractivity contribution < 1.29 is 4.74 Å². The van der Waals surface area contributed by atoms with Gasteiger partial charge in [0.2, 0.25) is 5.95 Å². The van der Waals surface area contributed by atoms with Crippen molar-refractivity contribution in [3.05, 3.63) is 62.8 Å². The molecule has 3 rings (SSSR count). The molecule has 0 unspecified atom stereocenters. The van der Waals surface area contributed by atoms with E-state index >= 15 is 0 Å². The van der Waals surface area contributed by atoms with Crippen molar-refractivity contribution in [1.82, 2.24) is 18.7 Å². The van der Waals surface area contributed by atoms with E-state index in [2.05, 4.69) is 22.1 Å². The first-order chi connectivity index (χ1) is 13.7. The lowest BCUT2D eigenvalue weighted by Crippen LogP contribution is -2.37. The number of aromatic nitrogens is 4. The van der Waals surface area contributed by atoms with E-state index in [0.29, 0.717) is 23.7 Å². The zero-order chi connectivity index (χ0) is 21.3. The average Bonchev–Trinajstić information content (AvgIpc) is 3.06. The lowest BCUT2D eigenvalue weighted by atomic mass is 10.1. The Labute approximate surface area is 167 Å². The molecule has 0 aliphatic heterocycles. The summed E-state index contributed by atoms with van der Waals surface area (Å²) in [6.45, 7) is 8.00. The molecule has 0 saturated carbocycles. The summed E-state index contributed by atoms with van der Waals surface area (Å²) in [5.41, 5.74) is 5.15. The Bertz CT molecular complexity index is 1230. The van der Waals surface area contributed by atoms with Gasteiger partial charge in [0.05, 0.1) is 12.8 Å². The zero-order valence-corrected chi connectivity index (χ0v) is 17.2. The second-order valence-electron chi connectivity index (χ2n) is 6.89. The van der Waals surface area contributed by atoms with Crippen LogP contribution in [0.15, 0.2) is 51.1 Å². The zero-order valence-electron chi connectivity index (χ0n) is 17.2. The van der Waals surface area contributed by atoms with Crippen LogP contribution >= 0.6 is 0 Å². The highest BCUT2D eigenvalue weighted by atomic mass is 16.5. The maximum absolute atomic E-state index is 12.7. The van der Waals surface area contributed by atoms with Crippen LogP contribution in [-0.4, -0.2) is 31.5 Å². The van der Waals surface area contributed by atoms with Crippen molar-refractivity contribution in [3.8, 4) is 5.75 Å². The van der Waals surface area contributed by atoms with Gasteiger partial charge >= 0.3 is 5.69 Å². The van der Waals surface area contributed by atoms with E-state index in [4.69, 9.17) is 4.74 Å². The molecular weight excluding hydrogens is 372 g/mol. The highest BCUT2D eigenvalue weighted by Crippen LogP contribution is 2.18. The van der Waals surface area contributed by atoms with Gasteiger partial charge in [0, 0.05) is 20.6 Å². The van der Waals surface area contributed by atoms with Gasteiger partial charge in [-0.15, -0.1) is 0 Å². The predicted octanol–water partition coefficient (Wildman–Crippen LogP) is 1.85. The Morgan fingerprint density at radius 1 is 1.17 bits per heavy atom. The number of fused-ring (bicyclic) bond motifs is 1. The number of benzene rings is 1. The molecule has 1 aromatic carbocycles. The van der Waals surface area contributed by atoms with Gasteiger partial charge < -0.3 is 4.74 Å². The second-order valence-corrected chi connectivity index (χ2v) is 6.89. The van der Waals surface area contributed by atoms with Gasteiger partial charge in [-0.2, -0.15) is 10.1 Å². The third-order valence-electron chi connectivity index (χ3n) is 4.61. The van der Waals surface area contributed by atoms with Gasteiger partial charge in [-0.05, 0) is 43.7 Å². The number of aryl methyl sites for hydroxylation is 1. The Balaban J connectivity index is 2.09. The molecule has 0 saturated heterocycles. The lowest BCUT2D eigenvalue weighted by molar-refractivity contribution is 0.415. The fourth-order valence-electron chi connectivity index (χ4n) is 2.99. The van der Waals surface area contributed by atoms with Crippen molar-refractivity contribution in [3.63, 3.8) is 0 Å². The van der Waals surface area contributed by atoms with Crippen LogP contribution in [0.25, 0.3) is 11.2 Å². The third-order valence-corrected chi connectivity index (χ3v) is 4.61. The van der Waals surface area contributed by atoms with Gasteiger partial charge in [-0.3, -0.25) is 18.5 Å². The number of hydrazone groups is 1. The minimum Gasteiger partial charge on any atom is -0.497 e. The maximum Gasteiger partial charge on any atom is 0.332 e. The van der Waals surface area contributed by atoms with Crippen molar-refractivity contribution in [2.75, 3.05) is 12.5 Å². The summed E-state index contributed by atoms with van der Waals surface area (Å²) in [5.74, 6) is 1.11. The summed E-state index contributed by atoms with van der Waals surface area (Å²) in [7, 11) is 4.64. The van der Waals surface area contributed by atoms with Crippen LogP contribution in [0.3, 0.4) is 0 Å². The van der Waals surface area contributed by atoms with E-state index in [9.17, 15) is 9.59 Å². The molecule has 0 amide bonds. The first kappa shape index (κ1) is 20.1. The maximum atomic E-state index is 12.7. The standard InChI is InChI=1S/C20H24N6O3/c1-12(2)11-26-16-17(24(4)20(28)25(5)18(16)27)21-19(26)23-22-13(3)14-7-9-15(29-6)10-8-14/h7-10H,1,11H2,2-6H3,(H,21,23)/b22-13+. The van der Waals surface area contributed by atoms with Crippen LogP contribution in [-0.2, 0) is 20.6 Å². The molecular formula is C20H24N6O3. The normalized spacial score (nSPS) is 11.7.